The maximum absolute atomic E-state index is 5.53. The fourth-order valence-electron chi connectivity index (χ4n) is 1.96. The molecule has 1 aromatic heterocycles. The Bertz CT molecular complexity index is 516. The molecule has 2 aromatic rings. The van der Waals surface area contributed by atoms with Crippen molar-refractivity contribution in [3.8, 4) is 5.88 Å². The molecular weight excluding hydrogens is 250 g/mol. The fraction of sp³-hybridized carbons (Fsp3) is 0.375. The number of anilines is 1. The highest BCUT2D eigenvalue weighted by molar-refractivity contribution is 5.33. The predicted octanol–water partition coefficient (Wildman–Crippen LogP) is 3.83. The first kappa shape index (κ1) is 14.3. The Morgan fingerprint density at radius 2 is 1.95 bits per heavy atom. The van der Waals surface area contributed by atoms with Gasteiger partial charge in [0.25, 0.3) is 0 Å². The summed E-state index contributed by atoms with van der Waals surface area (Å²) >= 11 is 0. The van der Waals surface area contributed by atoms with Crippen LogP contribution in [0.15, 0.2) is 42.6 Å². The molecular formula is C16H21N3O. The third-order valence-corrected chi connectivity index (χ3v) is 3.00. The van der Waals surface area contributed by atoms with E-state index in [0.29, 0.717) is 18.4 Å². The number of nitrogens with zero attached hydrogens (tertiary/aromatic N) is 2. The van der Waals surface area contributed by atoms with Crippen molar-refractivity contribution in [2.45, 2.75) is 32.7 Å². The average molecular weight is 271 g/mol. The normalized spacial score (nSPS) is 11.9. The molecule has 2 rings (SSSR count). The van der Waals surface area contributed by atoms with Crippen LogP contribution in [-0.2, 0) is 0 Å². The third-order valence-electron chi connectivity index (χ3n) is 3.00. The number of hydrogen-bond donors (Lipinski definition) is 1. The Labute approximate surface area is 120 Å². The molecule has 1 atom stereocenters. The first-order valence-electron chi connectivity index (χ1n) is 7.10. The quantitative estimate of drug-likeness (QED) is 0.831. The number of hydrogen-bond acceptors (Lipinski definition) is 4. The van der Waals surface area contributed by atoms with Gasteiger partial charge in [-0.1, -0.05) is 44.2 Å². The van der Waals surface area contributed by atoms with Gasteiger partial charge in [0, 0.05) is 12.3 Å². The van der Waals surface area contributed by atoms with Crippen molar-refractivity contribution in [1.29, 1.82) is 0 Å². The minimum Gasteiger partial charge on any atom is -0.478 e. The van der Waals surface area contributed by atoms with E-state index in [2.05, 4.69) is 41.3 Å². The Morgan fingerprint density at radius 1 is 1.15 bits per heavy atom. The summed E-state index contributed by atoms with van der Waals surface area (Å²) < 4.78 is 5.53. The van der Waals surface area contributed by atoms with Crippen LogP contribution in [0, 0.1) is 0 Å². The van der Waals surface area contributed by atoms with Crippen molar-refractivity contribution in [2.24, 2.45) is 0 Å². The van der Waals surface area contributed by atoms with Crippen LogP contribution in [0.25, 0.3) is 0 Å². The van der Waals surface area contributed by atoms with Gasteiger partial charge in [0.05, 0.1) is 12.6 Å². The van der Waals surface area contributed by atoms with Crippen molar-refractivity contribution < 1.29 is 4.74 Å². The number of benzene rings is 1. The van der Waals surface area contributed by atoms with E-state index in [-0.39, 0.29) is 6.04 Å². The van der Waals surface area contributed by atoms with Crippen LogP contribution < -0.4 is 10.1 Å². The van der Waals surface area contributed by atoms with E-state index in [1.807, 2.05) is 18.2 Å². The summed E-state index contributed by atoms with van der Waals surface area (Å²) in [5, 5.41) is 3.36. The Kier molecular flexibility index (Phi) is 5.35. The van der Waals surface area contributed by atoms with Gasteiger partial charge in [0.15, 0.2) is 0 Å². The topological polar surface area (TPSA) is 47.0 Å². The second-order valence-corrected chi connectivity index (χ2v) is 4.58. The minimum atomic E-state index is 0.206. The van der Waals surface area contributed by atoms with Gasteiger partial charge in [-0.25, -0.2) is 4.98 Å². The van der Waals surface area contributed by atoms with Crippen LogP contribution in [0.5, 0.6) is 5.88 Å². The van der Waals surface area contributed by atoms with Gasteiger partial charge < -0.3 is 10.1 Å². The average Bonchev–Trinajstić information content (AvgIpc) is 2.52. The number of nitrogens with one attached hydrogen (secondary N) is 1. The highest BCUT2D eigenvalue weighted by atomic mass is 16.5. The fourth-order valence-corrected chi connectivity index (χ4v) is 1.96. The van der Waals surface area contributed by atoms with Crippen LogP contribution in [0.1, 0.15) is 38.3 Å². The van der Waals surface area contributed by atoms with Crippen molar-refractivity contribution >= 4 is 5.95 Å². The summed E-state index contributed by atoms with van der Waals surface area (Å²) in [6, 6.07) is 12.3. The van der Waals surface area contributed by atoms with Crippen molar-refractivity contribution in [1.82, 2.24) is 9.97 Å². The molecule has 4 nitrogen and oxygen atoms in total. The summed E-state index contributed by atoms with van der Waals surface area (Å²) in [5.41, 5.74) is 1.23. The van der Waals surface area contributed by atoms with Crippen molar-refractivity contribution in [2.75, 3.05) is 11.9 Å². The smallest absolute Gasteiger partial charge is 0.226 e. The van der Waals surface area contributed by atoms with Crippen LogP contribution >= 0.6 is 0 Å². The summed E-state index contributed by atoms with van der Waals surface area (Å²) in [6.07, 6.45) is 3.65. The van der Waals surface area contributed by atoms with E-state index in [1.54, 1.807) is 12.3 Å². The molecule has 106 valence electrons. The predicted molar refractivity (Wildman–Crippen MR) is 80.9 cm³/mol. The van der Waals surface area contributed by atoms with Gasteiger partial charge in [-0.3, -0.25) is 0 Å². The van der Waals surface area contributed by atoms with Gasteiger partial charge in [0.2, 0.25) is 11.8 Å². The third kappa shape index (κ3) is 3.95. The molecule has 0 aliphatic heterocycles. The number of aromatic nitrogens is 2. The van der Waals surface area contributed by atoms with Crippen LogP contribution in [-0.4, -0.2) is 16.6 Å². The van der Waals surface area contributed by atoms with Crippen LogP contribution in [0.3, 0.4) is 0 Å². The van der Waals surface area contributed by atoms with Gasteiger partial charge in [-0.2, -0.15) is 4.98 Å². The van der Waals surface area contributed by atoms with Crippen molar-refractivity contribution in [3.05, 3.63) is 48.2 Å². The maximum Gasteiger partial charge on any atom is 0.226 e. The zero-order valence-corrected chi connectivity index (χ0v) is 12.0. The summed E-state index contributed by atoms with van der Waals surface area (Å²) in [6.45, 7) is 4.89. The van der Waals surface area contributed by atoms with E-state index in [9.17, 15) is 0 Å². The molecule has 0 aliphatic rings. The Hall–Kier alpha value is -2.10. The molecule has 0 aliphatic carbocycles. The standard InChI is InChI=1S/C16H21N3O/c1-3-12-20-15-10-11-17-16(19-15)18-14(4-2)13-8-6-5-7-9-13/h5-11,14H,3-4,12H2,1-2H3,(H,17,18,19). The van der Waals surface area contributed by atoms with Gasteiger partial charge in [-0.05, 0) is 18.4 Å². The van der Waals surface area contributed by atoms with Crippen molar-refractivity contribution in [3.63, 3.8) is 0 Å². The minimum absolute atomic E-state index is 0.206. The molecule has 0 amide bonds. The lowest BCUT2D eigenvalue weighted by molar-refractivity contribution is 0.305. The van der Waals surface area contributed by atoms with Crippen LogP contribution in [0.2, 0.25) is 0 Å². The van der Waals surface area contributed by atoms with Gasteiger partial charge >= 0.3 is 0 Å². The van der Waals surface area contributed by atoms with E-state index in [1.165, 1.54) is 5.56 Å². The Morgan fingerprint density at radius 3 is 2.65 bits per heavy atom. The maximum atomic E-state index is 5.53. The van der Waals surface area contributed by atoms with Crippen LogP contribution in [0.4, 0.5) is 5.95 Å². The van der Waals surface area contributed by atoms with Gasteiger partial charge in [-0.15, -0.1) is 0 Å². The molecule has 1 aromatic carbocycles. The molecule has 0 fully saturated rings. The SMILES string of the molecule is CCCOc1ccnc(NC(CC)c2ccccc2)n1. The second-order valence-electron chi connectivity index (χ2n) is 4.58. The molecule has 0 saturated carbocycles. The molecule has 0 saturated heterocycles. The monoisotopic (exact) mass is 271 g/mol. The molecule has 1 unspecified atom stereocenters. The molecule has 0 radical (unpaired) electrons. The van der Waals surface area contributed by atoms with E-state index >= 15 is 0 Å². The number of rotatable bonds is 7. The Balaban J connectivity index is 2.07. The molecule has 0 spiro atoms. The highest BCUT2D eigenvalue weighted by Crippen LogP contribution is 2.21. The van der Waals surface area contributed by atoms with Gasteiger partial charge in [0.1, 0.15) is 0 Å². The largest absolute Gasteiger partial charge is 0.478 e. The lowest BCUT2D eigenvalue weighted by atomic mass is 10.1. The molecule has 1 N–H and O–H groups in total. The van der Waals surface area contributed by atoms with E-state index in [0.717, 1.165) is 12.8 Å². The summed E-state index contributed by atoms with van der Waals surface area (Å²) in [7, 11) is 0. The first-order valence-corrected chi connectivity index (χ1v) is 7.10. The lowest BCUT2D eigenvalue weighted by Gasteiger charge is -2.17. The van der Waals surface area contributed by atoms with E-state index in [4.69, 9.17) is 4.74 Å². The molecule has 4 heteroatoms. The molecule has 0 bridgehead atoms. The zero-order valence-electron chi connectivity index (χ0n) is 12.0. The summed E-state index contributed by atoms with van der Waals surface area (Å²) in [4.78, 5) is 8.64. The van der Waals surface area contributed by atoms with E-state index < -0.39 is 0 Å². The summed E-state index contributed by atoms with van der Waals surface area (Å²) in [5.74, 6) is 1.22. The zero-order chi connectivity index (χ0) is 14.2. The first-order chi connectivity index (χ1) is 9.83. The lowest BCUT2D eigenvalue weighted by Crippen LogP contribution is -2.12. The second kappa shape index (κ2) is 7.48. The number of ether oxygens (including phenoxy) is 1. The molecule has 20 heavy (non-hydrogen) atoms. The molecule has 1 heterocycles. The highest BCUT2D eigenvalue weighted by Gasteiger charge is 2.10.